The number of hydrogen-bond donors (Lipinski definition) is 1. The fourth-order valence-corrected chi connectivity index (χ4v) is 0.732. The highest BCUT2D eigenvalue weighted by atomic mass is 16.6. The lowest BCUT2D eigenvalue weighted by atomic mass is 10.2. The van der Waals surface area contributed by atoms with Crippen LogP contribution in [0.4, 0.5) is 0 Å². The van der Waals surface area contributed by atoms with Crippen LogP contribution in [0.25, 0.3) is 0 Å². The molecule has 1 aliphatic rings. The molecule has 0 radical (unpaired) electrons. The fourth-order valence-electron chi connectivity index (χ4n) is 0.732. The Balaban J connectivity index is 0.000000200. The van der Waals surface area contributed by atoms with Crippen molar-refractivity contribution in [3.05, 3.63) is 29.8 Å². The highest BCUT2D eigenvalue weighted by Gasteiger charge is 1.94. The molecular formula is C10H14O2. The maximum atomic E-state index is 8.85. The van der Waals surface area contributed by atoms with Gasteiger partial charge >= 0.3 is 0 Å². The lowest BCUT2D eigenvalue weighted by molar-refractivity contribution is 0.475. The molecule has 0 atom stereocenters. The van der Waals surface area contributed by atoms with E-state index in [-0.39, 0.29) is 0 Å². The molecule has 2 heteroatoms. The molecule has 0 unspecified atom stereocenters. The Kier molecular flexibility index (Phi) is 3.61. The number of aryl methyl sites for hydroxylation is 1. The van der Waals surface area contributed by atoms with Gasteiger partial charge in [0.2, 0.25) is 0 Å². The molecule has 0 aliphatic carbocycles. The van der Waals surface area contributed by atoms with Gasteiger partial charge < -0.3 is 9.84 Å². The lowest BCUT2D eigenvalue weighted by Gasteiger charge is -1.93. The van der Waals surface area contributed by atoms with Crippen LogP contribution in [0.3, 0.4) is 0 Å². The number of aromatic hydroxyl groups is 1. The molecule has 2 rings (SSSR count). The van der Waals surface area contributed by atoms with Crippen LogP contribution in [0, 0.1) is 0 Å². The van der Waals surface area contributed by atoms with Gasteiger partial charge in [-0.2, -0.15) is 0 Å². The molecule has 0 spiro atoms. The molecule has 1 aliphatic heterocycles. The van der Waals surface area contributed by atoms with Gasteiger partial charge in [-0.3, -0.25) is 0 Å². The van der Waals surface area contributed by atoms with Gasteiger partial charge in [0.15, 0.2) is 0 Å². The van der Waals surface area contributed by atoms with Gasteiger partial charge in [0.25, 0.3) is 0 Å². The van der Waals surface area contributed by atoms with Crippen molar-refractivity contribution in [3.8, 4) is 5.75 Å². The summed E-state index contributed by atoms with van der Waals surface area (Å²) in [6, 6.07) is 7.27. The molecule has 1 aromatic carbocycles. The van der Waals surface area contributed by atoms with Crippen LogP contribution < -0.4 is 0 Å². The molecule has 66 valence electrons. The Labute approximate surface area is 72.8 Å². The van der Waals surface area contributed by atoms with Gasteiger partial charge in [-0.1, -0.05) is 19.1 Å². The van der Waals surface area contributed by atoms with Gasteiger partial charge in [-0.05, 0) is 24.1 Å². The standard InChI is InChI=1S/C8H10O.C2H4O/c1-2-7-3-5-8(9)6-4-7;1-2-3-1/h3-6,9H,2H2,1H3;1-2H2. The third-order valence-corrected chi connectivity index (χ3v) is 1.55. The van der Waals surface area contributed by atoms with Crippen molar-refractivity contribution in [2.75, 3.05) is 13.2 Å². The molecule has 0 amide bonds. The molecule has 12 heavy (non-hydrogen) atoms. The van der Waals surface area contributed by atoms with Gasteiger partial charge in [-0.15, -0.1) is 0 Å². The minimum Gasteiger partial charge on any atom is -0.508 e. The van der Waals surface area contributed by atoms with E-state index in [1.54, 1.807) is 12.1 Å². The molecule has 1 N–H and O–H groups in total. The average Bonchev–Trinajstić information content (AvgIpc) is 2.92. The number of ether oxygens (including phenoxy) is 1. The summed E-state index contributed by atoms with van der Waals surface area (Å²) in [4.78, 5) is 0. The number of phenolic OH excluding ortho intramolecular Hbond substituents is 1. The predicted octanol–water partition coefficient (Wildman–Crippen LogP) is 1.97. The Morgan fingerprint density at radius 2 is 1.75 bits per heavy atom. The third-order valence-electron chi connectivity index (χ3n) is 1.55. The molecule has 0 bridgehead atoms. The molecular weight excluding hydrogens is 152 g/mol. The van der Waals surface area contributed by atoms with Crippen molar-refractivity contribution in [1.29, 1.82) is 0 Å². The van der Waals surface area contributed by atoms with Crippen LogP contribution in [0.5, 0.6) is 5.75 Å². The third kappa shape index (κ3) is 3.98. The summed E-state index contributed by atoms with van der Waals surface area (Å²) in [5.41, 5.74) is 1.26. The Morgan fingerprint density at radius 3 is 2.08 bits per heavy atom. The van der Waals surface area contributed by atoms with E-state index in [0.717, 1.165) is 19.6 Å². The van der Waals surface area contributed by atoms with E-state index in [0.29, 0.717) is 5.75 Å². The van der Waals surface area contributed by atoms with Gasteiger partial charge in [0, 0.05) is 0 Å². The summed E-state index contributed by atoms with van der Waals surface area (Å²) in [5.74, 6) is 0.340. The second-order valence-electron chi connectivity index (χ2n) is 2.63. The van der Waals surface area contributed by atoms with E-state index in [1.807, 2.05) is 12.1 Å². The van der Waals surface area contributed by atoms with Crippen molar-refractivity contribution >= 4 is 0 Å². The predicted molar refractivity (Wildman–Crippen MR) is 48.3 cm³/mol. The summed E-state index contributed by atoms with van der Waals surface area (Å²) in [5, 5.41) is 8.85. The van der Waals surface area contributed by atoms with Crippen molar-refractivity contribution < 1.29 is 9.84 Å². The maximum absolute atomic E-state index is 8.85. The quantitative estimate of drug-likeness (QED) is 0.647. The minimum absolute atomic E-state index is 0.340. The van der Waals surface area contributed by atoms with Crippen LogP contribution >= 0.6 is 0 Å². The first-order chi connectivity index (χ1) is 5.83. The number of hydrogen-bond acceptors (Lipinski definition) is 2. The highest BCUT2D eigenvalue weighted by Crippen LogP contribution is 2.09. The molecule has 1 fully saturated rings. The topological polar surface area (TPSA) is 32.8 Å². The second kappa shape index (κ2) is 4.78. The van der Waals surface area contributed by atoms with E-state index < -0.39 is 0 Å². The highest BCUT2D eigenvalue weighted by molar-refractivity contribution is 5.25. The van der Waals surface area contributed by atoms with E-state index >= 15 is 0 Å². The Bertz CT molecular complexity index is 211. The fraction of sp³-hybridized carbons (Fsp3) is 0.400. The lowest BCUT2D eigenvalue weighted by Crippen LogP contribution is -1.75. The van der Waals surface area contributed by atoms with E-state index in [4.69, 9.17) is 5.11 Å². The second-order valence-corrected chi connectivity index (χ2v) is 2.63. The number of benzene rings is 1. The number of epoxide rings is 1. The van der Waals surface area contributed by atoms with Crippen LogP contribution in [0.1, 0.15) is 12.5 Å². The van der Waals surface area contributed by atoms with Gasteiger partial charge in [0.1, 0.15) is 5.75 Å². The first kappa shape index (κ1) is 9.07. The van der Waals surface area contributed by atoms with Crippen molar-refractivity contribution in [3.63, 3.8) is 0 Å². The minimum atomic E-state index is 0.340. The first-order valence-electron chi connectivity index (χ1n) is 4.18. The van der Waals surface area contributed by atoms with Crippen LogP contribution in [0.2, 0.25) is 0 Å². The summed E-state index contributed by atoms with van der Waals surface area (Å²) in [6.07, 6.45) is 1.03. The van der Waals surface area contributed by atoms with E-state index in [2.05, 4.69) is 11.7 Å². The van der Waals surface area contributed by atoms with Gasteiger partial charge in [0.05, 0.1) is 13.2 Å². The summed E-state index contributed by atoms with van der Waals surface area (Å²) < 4.78 is 4.50. The van der Waals surface area contributed by atoms with Crippen LogP contribution in [0.15, 0.2) is 24.3 Å². The van der Waals surface area contributed by atoms with Crippen molar-refractivity contribution in [2.24, 2.45) is 0 Å². The molecule has 0 aromatic heterocycles. The molecule has 1 saturated heterocycles. The van der Waals surface area contributed by atoms with E-state index in [9.17, 15) is 0 Å². The SMILES string of the molecule is C1CO1.CCc1ccc(O)cc1. The first-order valence-corrected chi connectivity index (χ1v) is 4.18. The molecule has 0 saturated carbocycles. The summed E-state index contributed by atoms with van der Waals surface area (Å²) >= 11 is 0. The van der Waals surface area contributed by atoms with Crippen LogP contribution in [-0.4, -0.2) is 18.3 Å². The van der Waals surface area contributed by atoms with E-state index in [1.165, 1.54) is 5.56 Å². The molecule has 1 aromatic rings. The van der Waals surface area contributed by atoms with Crippen molar-refractivity contribution in [1.82, 2.24) is 0 Å². The summed E-state index contributed by atoms with van der Waals surface area (Å²) in [6.45, 7) is 4.09. The smallest absolute Gasteiger partial charge is 0.115 e. The number of phenols is 1. The Hall–Kier alpha value is -1.02. The zero-order chi connectivity index (χ0) is 8.81. The zero-order valence-electron chi connectivity index (χ0n) is 7.29. The van der Waals surface area contributed by atoms with Crippen LogP contribution in [-0.2, 0) is 11.2 Å². The zero-order valence-corrected chi connectivity index (χ0v) is 7.29. The number of rotatable bonds is 1. The maximum Gasteiger partial charge on any atom is 0.115 e. The Morgan fingerprint density at radius 1 is 1.25 bits per heavy atom. The monoisotopic (exact) mass is 166 g/mol. The average molecular weight is 166 g/mol. The normalized spacial score (nSPS) is 13.1. The van der Waals surface area contributed by atoms with Gasteiger partial charge in [-0.25, -0.2) is 0 Å². The van der Waals surface area contributed by atoms with Crippen molar-refractivity contribution in [2.45, 2.75) is 13.3 Å². The molecule has 1 heterocycles. The largest absolute Gasteiger partial charge is 0.508 e. The molecule has 2 nitrogen and oxygen atoms in total. The summed E-state index contributed by atoms with van der Waals surface area (Å²) in [7, 11) is 0.